The van der Waals surface area contributed by atoms with E-state index in [0.29, 0.717) is 18.6 Å². The van der Waals surface area contributed by atoms with Crippen LogP contribution in [0.2, 0.25) is 0 Å². The van der Waals surface area contributed by atoms with Gasteiger partial charge in [-0.2, -0.15) is 0 Å². The van der Waals surface area contributed by atoms with Crippen molar-refractivity contribution < 1.29 is 5.11 Å². The van der Waals surface area contributed by atoms with Crippen molar-refractivity contribution in [3.63, 3.8) is 0 Å². The molecule has 4 heteroatoms. The first kappa shape index (κ1) is 14.9. The molecular weight excluding hydrogens is 256 g/mol. The Bertz CT molecular complexity index is 372. The molecule has 0 atom stereocenters. The van der Waals surface area contributed by atoms with Crippen LogP contribution in [0, 0.1) is 5.92 Å². The number of rotatable bonds is 6. The summed E-state index contributed by atoms with van der Waals surface area (Å²) in [6.07, 6.45) is 7.05. The third-order valence-corrected chi connectivity index (χ3v) is 5.13. The second-order valence-corrected chi connectivity index (χ2v) is 6.70. The quantitative estimate of drug-likeness (QED) is 0.871. The molecule has 0 unspecified atom stereocenters. The molecule has 1 N–H and O–H groups in total. The van der Waals surface area contributed by atoms with E-state index in [4.69, 9.17) is 4.98 Å². The van der Waals surface area contributed by atoms with Crippen molar-refractivity contribution in [3.8, 4) is 0 Å². The van der Waals surface area contributed by atoms with Crippen LogP contribution >= 0.6 is 11.3 Å². The maximum absolute atomic E-state index is 9.18. The Kier molecular flexibility index (Phi) is 5.79. The minimum Gasteiger partial charge on any atom is -0.396 e. The SMILES string of the molecule is CCCc1nc(CN(C)C2CCC(CO)CC2)cs1. The van der Waals surface area contributed by atoms with Gasteiger partial charge in [0.25, 0.3) is 0 Å². The number of hydrogen-bond acceptors (Lipinski definition) is 4. The Morgan fingerprint density at radius 1 is 1.37 bits per heavy atom. The van der Waals surface area contributed by atoms with Crippen LogP contribution in [-0.2, 0) is 13.0 Å². The predicted octanol–water partition coefficient (Wildman–Crippen LogP) is 3.08. The van der Waals surface area contributed by atoms with Crippen LogP contribution in [0.25, 0.3) is 0 Å². The number of thiazole rings is 1. The summed E-state index contributed by atoms with van der Waals surface area (Å²) in [6.45, 7) is 3.53. The third kappa shape index (κ3) is 4.26. The highest BCUT2D eigenvalue weighted by Crippen LogP contribution is 2.27. The Morgan fingerprint density at radius 2 is 2.11 bits per heavy atom. The molecule has 0 bridgehead atoms. The van der Waals surface area contributed by atoms with Gasteiger partial charge in [0.05, 0.1) is 10.7 Å². The van der Waals surface area contributed by atoms with Crippen molar-refractivity contribution in [3.05, 3.63) is 16.1 Å². The van der Waals surface area contributed by atoms with Gasteiger partial charge in [-0.3, -0.25) is 4.90 Å². The van der Waals surface area contributed by atoms with Crippen molar-refractivity contribution in [2.24, 2.45) is 5.92 Å². The molecule has 1 aromatic heterocycles. The number of aromatic nitrogens is 1. The van der Waals surface area contributed by atoms with E-state index in [-0.39, 0.29) is 0 Å². The summed E-state index contributed by atoms with van der Waals surface area (Å²) in [5.74, 6) is 0.542. The van der Waals surface area contributed by atoms with Crippen molar-refractivity contribution in [2.45, 2.75) is 58.0 Å². The van der Waals surface area contributed by atoms with E-state index >= 15 is 0 Å². The van der Waals surface area contributed by atoms with Crippen LogP contribution < -0.4 is 0 Å². The zero-order valence-corrected chi connectivity index (χ0v) is 13.0. The van der Waals surface area contributed by atoms with E-state index in [1.807, 2.05) is 0 Å². The van der Waals surface area contributed by atoms with Gasteiger partial charge in [0, 0.05) is 24.6 Å². The highest BCUT2D eigenvalue weighted by molar-refractivity contribution is 7.09. The van der Waals surface area contributed by atoms with Crippen LogP contribution in [0.5, 0.6) is 0 Å². The number of aliphatic hydroxyl groups is 1. The number of aliphatic hydroxyl groups excluding tert-OH is 1. The van der Waals surface area contributed by atoms with Crippen LogP contribution in [0.3, 0.4) is 0 Å². The molecule has 0 aliphatic heterocycles. The first-order chi connectivity index (χ1) is 9.22. The average molecular weight is 282 g/mol. The summed E-state index contributed by atoms with van der Waals surface area (Å²) in [6, 6.07) is 0.666. The molecule has 3 nitrogen and oxygen atoms in total. The minimum absolute atomic E-state index is 0.364. The maximum atomic E-state index is 9.18. The van der Waals surface area contributed by atoms with E-state index in [1.54, 1.807) is 11.3 Å². The van der Waals surface area contributed by atoms with E-state index < -0.39 is 0 Å². The highest BCUT2D eigenvalue weighted by atomic mass is 32.1. The fraction of sp³-hybridized carbons (Fsp3) is 0.800. The van der Waals surface area contributed by atoms with Gasteiger partial charge in [-0.25, -0.2) is 4.98 Å². The molecule has 108 valence electrons. The molecule has 1 aliphatic rings. The number of hydrogen-bond donors (Lipinski definition) is 1. The second-order valence-electron chi connectivity index (χ2n) is 5.75. The first-order valence-electron chi connectivity index (χ1n) is 7.47. The summed E-state index contributed by atoms with van der Waals surface area (Å²) in [7, 11) is 2.21. The molecule has 1 aromatic rings. The fourth-order valence-electron chi connectivity index (χ4n) is 2.90. The monoisotopic (exact) mass is 282 g/mol. The predicted molar refractivity (Wildman–Crippen MR) is 80.4 cm³/mol. The zero-order chi connectivity index (χ0) is 13.7. The molecule has 0 radical (unpaired) electrons. The molecule has 1 heterocycles. The van der Waals surface area contributed by atoms with E-state index in [2.05, 4.69) is 24.3 Å². The molecular formula is C15H26N2OS. The van der Waals surface area contributed by atoms with Crippen molar-refractivity contribution >= 4 is 11.3 Å². The molecule has 0 saturated heterocycles. The fourth-order valence-corrected chi connectivity index (χ4v) is 3.79. The van der Waals surface area contributed by atoms with Crippen molar-refractivity contribution in [1.82, 2.24) is 9.88 Å². The topological polar surface area (TPSA) is 36.4 Å². The van der Waals surface area contributed by atoms with Gasteiger partial charge < -0.3 is 5.11 Å². The van der Waals surface area contributed by atoms with Gasteiger partial charge in [0.1, 0.15) is 0 Å². The second kappa shape index (κ2) is 7.36. The Hall–Kier alpha value is -0.450. The van der Waals surface area contributed by atoms with Crippen molar-refractivity contribution in [2.75, 3.05) is 13.7 Å². The van der Waals surface area contributed by atoms with E-state index in [0.717, 1.165) is 13.0 Å². The van der Waals surface area contributed by atoms with Gasteiger partial charge in [0.15, 0.2) is 0 Å². The van der Waals surface area contributed by atoms with Gasteiger partial charge in [-0.05, 0) is 51.5 Å². The largest absolute Gasteiger partial charge is 0.396 e. The summed E-state index contributed by atoms with van der Waals surface area (Å²) in [5, 5.41) is 12.7. The average Bonchev–Trinajstić information content (AvgIpc) is 2.86. The maximum Gasteiger partial charge on any atom is 0.0928 e. The normalized spacial score (nSPS) is 24.0. The lowest BCUT2D eigenvalue weighted by molar-refractivity contribution is 0.123. The standard InChI is InChI=1S/C15H26N2OS/c1-3-4-15-16-13(11-19-15)9-17(2)14-7-5-12(10-18)6-8-14/h11-12,14,18H,3-10H2,1-2H3. The Labute approximate surface area is 120 Å². The molecule has 1 aliphatic carbocycles. The molecule has 0 spiro atoms. The third-order valence-electron chi connectivity index (χ3n) is 4.17. The van der Waals surface area contributed by atoms with Gasteiger partial charge in [-0.15, -0.1) is 11.3 Å². The summed E-state index contributed by atoms with van der Waals surface area (Å²) >= 11 is 1.80. The van der Waals surface area contributed by atoms with Crippen molar-refractivity contribution in [1.29, 1.82) is 0 Å². The molecule has 1 saturated carbocycles. The molecule has 19 heavy (non-hydrogen) atoms. The lowest BCUT2D eigenvalue weighted by atomic mass is 9.86. The summed E-state index contributed by atoms with van der Waals surface area (Å²) in [5.41, 5.74) is 1.22. The van der Waals surface area contributed by atoms with Crippen LogP contribution in [0.15, 0.2) is 5.38 Å². The van der Waals surface area contributed by atoms with Gasteiger partial charge in [0.2, 0.25) is 0 Å². The highest BCUT2D eigenvalue weighted by Gasteiger charge is 2.23. The van der Waals surface area contributed by atoms with Crippen LogP contribution in [0.4, 0.5) is 0 Å². The lowest BCUT2D eigenvalue weighted by Crippen LogP contribution is -2.35. The van der Waals surface area contributed by atoms with E-state index in [9.17, 15) is 5.11 Å². The Balaban J connectivity index is 1.81. The van der Waals surface area contributed by atoms with Gasteiger partial charge in [-0.1, -0.05) is 6.92 Å². The molecule has 0 amide bonds. The van der Waals surface area contributed by atoms with Gasteiger partial charge >= 0.3 is 0 Å². The lowest BCUT2D eigenvalue weighted by Gasteiger charge is -2.33. The number of nitrogens with zero attached hydrogens (tertiary/aromatic N) is 2. The molecule has 2 rings (SSSR count). The smallest absolute Gasteiger partial charge is 0.0928 e. The Morgan fingerprint density at radius 3 is 2.74 bits per heavy atom. The first-order valence-corrected chi connectivity index (χ1v) is 8.35. The molecule has 0 aromatic carbocycles. The van der Waals surface area contributed by atoms with Crippen LogP contribution in [0.1, 0.15) is 49.7 Å². The number of aryl methyl sites for hydroxylation is 1. The molecule has 1 fully saturated rings. The summed E-state index contributed by atoms with van der Waals surface area (Å²) < 4.78 is 0. The zero-order valence-electron chi connectivity index (χ0n) is 12.1. The summed E-state index contributed by atoms with van der Waals surface area (Å²) in [4.78, 5) is 7.15. The van der Waals surface area contributed by atoms with E-state index in [1.165, 1.54) is 42.8 Å². The minimum atomic E-state index is 0.364. The van der Waals surface area contributed by atoms with Crippen LogP contribution in [-0.4, -0.2) is 34.7 Å².